The molecule has 0 aromatic heterocycles. The minimum absolute atomic E-state index is 0.453. The van der Waals surface area contributed by atoms with Crippen molar-refractivity contribution in [1.29, 1.82) is 0 Å². The van der Waals surface area contributed by atoms with Crippen LogP contribution in [-0.4, -0.2) is 25.8 Å². The third-order valence-corrected chi connectivity index (χ3v) is 4.72. The maximum atomic E-state index is 5.75. The topological polar surface area (TPSA) is 21.3 Å². The van der Waals surface area contributed by atoms with Gasteiger partial charge in [-0.25, -0.2) is 0 Å². The Morgan fingerprint density at radius 1 is 1.18 bits per heavy atom. The molecule has 2 rings (SSSR count). The second-order valence-electron chi connectivity index (χ2n) is 6.39. The molecule has 2 heteroatoms. The molecular weight excluding hydrogens is 210 g/mol. The van der Waals surface area contributed by atoms with Crippen LogP contribution in [0.1, 0.15) is 58.8 Å². The molecule has 2 aliphatic rings. The summed E-state index contributed by atoms with van der Waals surface area (Å²) in [7, 11) is 0. The van der Waals surface area contributed by atoms with E-state index in [1.165, 1.54) is 44.9 Å². The second kappa shape index (κ2) is 6.19. The first-order valence-corrected chi connectivity index (χ1v) is 7.54. The molecule has 1 unspecified atom stereocenters. The van der Waals surface area contributed by atoms with Crippen LogP contribution < -0.4 is 5.32 Å². The average Bonchev–Trinajstić information content (AvgIpc) is 2.62. The predicted molar refractivity (Wildman–Crippen MR) is 72.2 cm³/mol. The first kappa shape index (κ1) is 13.4. The second-order valence-corrected chi connectivity index (χ2v) is 6.39. The van der Waals surface area contributed by atoms with Gasteiger partial charge in [-0.05, 0) is 25.2 Å². The van der Waals surface area contributed by atoms with E-state index >= 15 is 0 Å². The zero-order valence-corrected chi connectivity index (χ0v) is 11.6. The first-order chi connectivity index (χ1) is 8.23. The molecule has 1 aliphatic carbocycles. The van der Waals surface area contributed by atoms with E-state index in [0.717, 1.165) is 25.7 Å². The first-order valence-electron chi connectivity index (χ1n) is 7.54. The van der Waals surface area contributed by atoms with E-state index in [0.29, 0.717) is 11.5 Å². The van der Waals surface area contributed by atoms with Gasteiger partial charge in [0, 0.05) is 24.6 Å². The molecule has 0 spiro atoms. The molecule has 1 N–H and O–H groups in total. The molecule has 0 amide bonds. The molecule has 1 atom stereocenters. The predicted octanol–water partition coefficient (Wildman–Crippen LogP) is 3.36. The third kappa shape index (κ3) is 3.45. The maximum Gasteiger partial charge on any atom is 0.0538 e. The van der Waals surface area contributed by atoms with Gasteiger partial charge < -0.3 is 10.1 Å². The lowest BCUT2D eigenvalue weighted by atomic mass is 9.71. The van der Waals surface area contributed by atoms with Crippen molar-refractivity contribution >= 4 is 0 Å². The van der Waals surface area contributed by atoms with E-state index in [2.05, 4.69) is 19.2 Å². The fourth-order valence-corrected chi connectivity index (χ4v) is 3.53. The van der Waals surface area contributed by atoms with Gasteiger partial charge in [0.05, 0.1) is 6.61 Å². The Balaban J connectivity index is 1.98. The summed E-state index contributed by atoms with van der Waals surface area (Å²) in [5.41, 5.74) is 0.453. The fourth-order valence-electron chi connectivity index (χ4n) is 3.53. The molecule has 0 aromatic carbocycles. The molecule has 0 aromatic rings. The van der Waals surface area contributed by atoms with Gasteiger partial charge >= 0.3 is 0 Å². The summed E-state index contributed by atoms with van der Waals surface area (Å²) in [5, 5.41) is 3.67. The summed E-state index contributed by atoms with van der Waals surface area (Å²) in [6, 6.07) is 0.596. The van der Waals surface area contributed by atoms with Gasteiger partial charge in [0.15, 0.2) is 0 Å². The highest BCUT2D eigenvalue weighted by Gasteiger charge is 2.41. The Labute approximate surface area is 107 Å². The molecule has 2 fully saturated rings. The minimum Gasteiger partial charge on any atom is -0.381 e. The van der Waals surface area contributed by atoms with Crippen molar-refractivity contribution in [3.8, 4) is 0 Å². The van der Waals surface area contributed by atoms with Crippen molar-refractivity contribution in [1.82, 2.24) is 5.32 Å². The van der Waals surface area contributed by atoms with E-state index in [-0.39, 0.29) is 0 Å². The van der Waals surface area contributed by atoms with E-state index in [1.54, 1.807) is 0 Å². The van der Waals surface area contributed by atoms with Crippen LogP contribution in [0.25, 0.3) is 0 Å². The van der Waals surface area contributed by atoms with E-state index in [4.69, 9.17) is 4.74 Å². The van der Waals surface area contributed by atoms with Crippen LogP contribution >= 0.6 is 0 Å². The normalized spacial score (nSPS) is 31.9. The standard InChI is InChI=1S/C15H29NO/c1-13(2)16-11-15(9-10-17-12-15)14-7-5-3-4-6-8-14/h13-14,16H,3-12H2,1-2H3. The van der Waals surface area contributed by atoms with E-state index in [9.17, 15) is 0 Å². The lowest BCUT2D eigenvalue weighted by Gasteiger charge is -2.37. The molecule has 0 radical (unpaired) electrons. The number of nitrogens with one attached hydrogen (secondary N) is 1. The Morgan fingerprint density at radius 2 is 1.88 bits per heavy atom. The van der Waals surface area contributed by atoms with Crippen molar-refractivity contribution in [2.45, 2.75) is 64.8 Å². The van der Waals surface area contributed by atoms with Crippen molar-refractivity contribution in [3.63, 3.8) is 0 Å². The molecular formula is C15H29NO. The SMILES string of the molecule is CC(C)NCC1(C2CCCCCC2)CCOC1. The van der Waals surface area contributed by atoms with Crippen molar-refractivity contribution in [2.75, 3.05) is 19.8 Å². The van der Waals surface area contributed by atoms with E-state index in [1.807, 2.05) is 0 Å². The van der Waals surface area contributed by atoms with Crippen LogP contribution in [0.3, 0.4) is 0 Å². The van der Waals surface area contributed by atoms with Gasteiger partial charge in [0.2, 0.25) is 0 Å². The zero-order chi connectivity index (χ0) is 12.1. The summed E-state index contributed by atoms with van der Waals surface area (Å²) in [4.78, 5) is 0. The molecule has 1 aliphatic heterocycles. The van der Waals surface area contributed by atoms with Crippen LogP contribution in [0.4, 0.5) is 0 Å². The number of ether oxygens (including phenoxy) is 1. The molecule has 1 saturated heterocycles. The van der Waals surface area contributed by atoms with Gasteiger partial charge in [0.25, 0.3) is 0 Å². The van der Waals surface area contributed by atoms with Gasteiger partial charge in [-0.1, -0.05) is 39.5 Å². The largest absolute Gasteiger partial charge is 0.381 e. The van der Waals surface area contributed by atoms with Crippen LogP contribution in [0, 0.1) is 11.3 Å². The molecule has 0 bridgehead atoms. The van der Waals surface area contributed by atoms with Crippen molar-refractivity contribution in [3.05, 3.63) is 0 Å². The minimum atomic E-state index is 0.453. The van der Waals surface area contributed by atoms with Gasteiger partial charge in [-0.15, -0.1) is 0 Å². The van der Waals surface area contributed by atoms with Crippen LogP contribution in [0.5, 0.6) is 0 Å². The third-order valence-electron chi connectivity index (χ3n) is 4.72. The Morgan fingerprint density at radius 3 is 2.41 bits per heavy atom. The summed E-state index contributed by atoms with van der Waals surface area (Å²) in [6.45, 7) is 7.64. The summed E-state index contributed by atoms with van der Waals surface area (Å²) >= 11 is 0. The van der Waals surface area contributed by atoms with Crippen molar-refractivity contribution < 1.29 is 4.74 Å². The Kier molecular flexibility index (Phi) is 4.87. The number of hydrogen-bond acceptors (Lipinski definition) is 2. The summed E-state index contributed by atoms with van der Waals surface area (Å²) < 4.78 is 5.75. The van der Waals surface area contributed by atoms with Crippen LogP contribution in [0.2, 0.25) is 0 Å². The fraction of sp³-hybridized carbons (Fsp3) is 1.00. The molecule has 2 nitrogen and oxygen atoms in total. The zero-order valence-electron chi connectivity index (χ0n) is 11.6. The maximum absolute atomic E-state index is 5.75. The van der Waals surface area contributed by atoms with Crippen molar-refractivity contribution in [2.24, 2.45) is 11.3 Å². The highest BCUT2D eigenvalue weighted by Crippen LogP contribution is 2.43. The molecule has 1 saturated carbocycles. The number of hydrogen-bond donors (Lipinski definition) is 1. The highest BCUT2D eigenvalue weighted by atomic mass is 16.5. The quantitative estimate of drug-likeness (QED) is 0.760. The summed E-state index contributed by atoms with van der Waals surface area (Å²) in [5.74, 6) is 0.902. The lowest BCUT2D eigenvalue weighted by molar-refractivity contribution is 0.0929. The molecule has 1 heterocycles. The van der Waals surface area contributed by atoms with Crippen LogP contribution in [-0.2, 0) is 4.74 Å². The Hall–Kier alpha value is -0.0800. The summed E-state index contributed by atoms with van der Waals surface area (Å²) in [6.07, 6.45) is 9.92. The van der Waals surface area contributed by atoms with Crippen LogP contribution in [0.15, 0.2) is 0 Å². The monoisotopic (exact) mass is 239 g/mol. The highest BCUT2D eigenvalue weighted by molar-refractivity contribution is 4.92. The average molecular weight is 239 g/mol. The Bertz CT molecular complexity index is 213. The smallest absolute Gasteiger partial charge is 0.0538 e. The number of rotatable bonds is 4. The van der Waals surface area contributed by atoms with Gasteiger partial charge in [0.1, 0.15) is 0 Å². The molecule has 17 heavy (non-hydrogen) atoms. The lowest BCUT2D eigenvalue weighted by Crippen LogP contribution is -2.43. The van der Waals surface area contributed by atoms with Gasteiger partial charge in [-0.3, -0.25) is 0 Å². The van der Waals surface area contributed by atoms with E-state index < -0.39 is 0 Å². The van der Waals surface area contributed by atoms with Gasteiger partial charge in [-0.2, -0.15) is 0 Å². The molecule has 100 valence electrons.